The van der Waals surface area contributed by atoms with Crippen LogP contribution in [-0.2, 0) is 0 Å². The van der Waals surface area contributed by atoms with E-state index in [2.05, 4.69) is 114 Å². The lowest BCUT2D eigenvalue weighted by Crippen LogP contribution is -1.98. The molecule has 0 unspecified atom stereocenters. The number of benzene rings is 5. The van der Waals surface area contributed by atoms with Crippen LogP contribution in [0.25, 0.3) is 54.6 Å². The molecule has 0 atom stereocenters. The van der Waals surface area contributed by atoms with E-state index >= 15 is 0 Å². The smallest absolute Gasteiger partial charge is 0.0343 e. The highest BCUT2D eigenvalue weighted by Crippen LogP contribution is 2.44. The summed E-state index contributed by atoms with van der Waals surface area (Å²) >= 11 is 0. The monoisotopic (exact) mass is 459 g/mol. The van der Waals surface area contributed by atoms with Crippen molar-refractivity contribution >= 4 is 43.5 Å². The van der Waals surface area contributed by atoms with E-state index in [9.17, 15) is 0 Å². The summed E-state index contributed by atoms with van der Waals surface area (Å²) in [5, 5.41) is 7.81. The Morgan fingerprint density at radius 2 is 1.08 bits per heavy atom. The van der Waals surface area contributed by atoms with Gasteiger partial charge in [0.15, 0.2) is 0 Å². The van der Waals surface area contributed by atoms with Crippen LogP contribution in [0.1, 0.15) is 24.0 Å². The van der Waals surface area contributed by atoms with Gasteiger partial charge in [0.25, 0.3) is 0 Å². The third-order valence-corrected chi connectivity index (χ3v) is 7.47. The first-order chi connectivity index (χ1) is 17.9. The number of pyridine rings is 1. The maximum Gasteiger partial charge on any atom is 0.0343 e. The molecule has 7 rings (SSSR count). The zero-order chi connectivity index (χ0) is 23.9. The molecule has 5 aromatic carbocycles. The fourth-order valence-electron chi connectivity index (χ4n) is 5.77. The van der Waals surface area contributed by atoms with Gasteiger partial charge in [-0.25, -0.2) is 0 Å². The van der Waals surface area contributed by atoms with Gasteiger partial charge in [0.1, 0.15) is 0 Å². The third-order valence-electron chi connectivity index (χ3n) is 7.47. The van der Waals surface area contributed by atoms with Crippen LogP contribution >= 0.6 is 0 Å². The largest absolute Gasteiger partial charge is 0.264 e. The normalized spacial score (nSPS) is 13.7. The zero-order valence-corrected chi connectivity index (χ0v) is 20.0. The Bertz CT molecular complexity index is 1770. The summed E-state index contributed by atoms with van der Waals surface area (Å²) in [6.07, 6.45) is 10.5. The van der Waals surface area contributed by atoms with Gasteiger partial charge in [0.05, 0.1) is 0 Å². The molecule has 0 fully saturated rings. The van der Waals surface area contributed by atoms with Crippen molar-refractivity contribution in [1.29, 1.82) is 0 Å². The summed E-state index contributed by atoms with van der Waals surface area (Å²) in [7, 11) is 0. The van der Waals surface area contributed by atoms with Crippen LogP contribution in [-0.4, -0.2) is 4.98 Å². The number of nitrogens with zero attached hydrogens (tertiary/aromatic N) is 1. The van der Waals surface area contributed by atoms with E-state index in [4.69, 9.17) is 0 Å². The van der Waals surface area contributed by atoms with Crippen LogP contribution in [0.15, 0.2) is 128 Å². The van der Waals surface area contributed by atoms with Gasteiger partial charge in [-0.3, -0.25) is 4.98 Å². The van der Waals surface area contributed by atoms with Crippen LogP contribution in [0.2, 0.25) is 0 Å². The van der Waals surface area contributed by atoms with Crippen molar-refractivity contribution in [3.63, 3.8) is 0 Å². The average molecular weight is 460 g/mol. The number of aromatic nitrogens is 1. The van der Waals surface area contributed by atoms with E-state index in [1.165, 1.54) is 65.7 Å². The number of hydrogen-bond acceptors (Lipinski definition) is 1. The van der Waals surface area contributed by atoms with Crippen LogP contribution < -0.4 is 0 Å². The van der Waals surface area contributed by atoms with Crippen molar-refractivity contribution in [2.45, 2.75) is 12.8 Å². The quantitative estimate of drug-likeness (QED) is 0.240. The molecule has 36 heavy (non-hydrogen) atoms. The Kier molecular flexibility index (Phi) is 4.99. The minimum atomic E-state index is 1.02. The standard InChI is InChI=1S/C35H25N/c1-2-9-27-22-28(20-17-24(27)8-1)35-32-13-5-3-11-30(32)34(31-12-4-6-14-33(31)35)26-18-15-25(16-19-26)29-10-7-21-36-23-29/h1-15,17-18,20-23H,16,19H2. The minimum Gasteiger partial charge on any atom is -0.264 e. The first kappa shape index (κ1) is 20.8. The van der Waals surface area contributed by atoms with Gasteiger partial charge in [-0.15, -0.1) is 0 Å². The average Bonchev–Trinajstić information content (AvgIpc) is 2.96. The predicted octanol–water partition coefficient (Wildman–Crippen LogP) is 9.47. The van der Waals surface area contributed by atoms with Crippen LogP contribution in [0.3, 0.4) is 0 Å². The Hall–Kier alpha value is -4.49. The second-order valence-electron chi connectivity index (χ2n) is 9.53. The maximum absolute atomic E-state index is 4.31. The highest BCUT2D eigenvalue weighted by Gasteiger charge is 2.19. The molecular formula is C35H25N. The topological polar surface area (TPSA) is 12.9 Å². The Morgan fingerprint density at radius 1 is 0.472 bits per heavy atom. The lowest BCUT2D eigenvalue weighted by atomic mass is 9.82. The zero-order valence-electron chi connectivity index (χ0n) is 20.0. The van der Waals surface area contributed by atoms with Crippen molar-refractivity contribution in [3.05, 3.63) is 139 Å². The molecule has 1 aliphatic rings. The molecule has 170 valence electrons. The predicted molar refractivity (Wildman–Crippen MR) is 154 cm³/mol. The molecule has 0 bridgehead atoms. The molecule has 0 saturated heterocycles. The molecule has 1 heteroatoms. The van der Waals surface area contributed by atoms with Gasteiger partial charge < -0.3 is 0 Å². The lowest BCUT2D eigenvalue weighted by molar-refractivity contribution is 1.07. The molecule has 1 aliphatic carbocycles. The summed E-state index contributed by atoms with van der Waals surface area (Å²) in [5.41, 5.74) is 7.93. The highest BCUT2D eigenvalue weighted by molar-refractivity contribution is 6.19. The molecule has 0 spiro atoms. The molecule has 0 radical (unpaired) electrons. The molecule has 0 N–H and O–H groups in total. The van der Waals surface area contributed by atoms with Gasteiger partial charge in [0.2, 0.25) is 0 Å². The van der Waals surface area contributed by atoms with Crippen LogP contribution in [0.5, 0.6) is 0 Å². The van der Waals surface area contributed by atoms with Gasteiger partial charge in [-0.05, 0) is 90.7 Å². The summed E-state index contributed by atoms with van der Waals surface area (Å²) < 4.78 is 0. The second-order valence-corrected chi connectivity index (χ2v) is 9.53. The third kappa shape index (κ3) is 3.44. The molecule has 1 aromatic heterocycles. The fourth-order valence-corrected chi connectivity index (χ4v) is 5.77. The van der Waals surface area contributed by atoms with E-state index in [1.54, 1.807) is 0 Å². The number of fused-ring (bicyclic) bond motifs is 3. The van der Waals surface area contributed by atoms with E-state index in [0.29, 0.717) is 0 Å². The summed E-state index contributed by atoms with van der Waals surface area (Å²) in [6, 6.07) is 37.5. The minimum absolute atomic E-state index is 1.02. The summed E-state index contributed by atoms with van der Waals surface area (Å²) in [4.78, 5) is 4.31. The van der Waals surface area contributed by atoms with Crippen molar-refractivity contribution in [2.24, 2.45) is 0 Å². The van der Waals surface area contributed by atoms with E-state index in [1.807, 2.05) is 18.5 Å². The molecule has 0 amide bonds. The number of allylic oxidation sites excluding steroid dienone is 4. The molecule has 6 aromatic rings. The fraction of sp³-hybridized carbons (Fsp3) is 0.0571. The number of rotatable bonds is 3. The van der Waals surface area contributed by atoms with E-state index < -0.39 is 0 Å². The Labute approximate surface area is 211 Å². The second kappa shape index (κ2) is 8.62. The first-order valence-electron chi connectivity index (χ1n) is 12.6. The summed E-state index contributed by atoms with van der Waals surface area (Å²) in [5.74, 6) is 0. The van der Waals surface area contributed by atoms with Gasteiger partial charge in [-0.2, -0.15) is 0 Å². The van der Waals surface area contributed by atoms with Crippen LogP contribution in [0, 0.1) is 0 Å². The van der Waals surface area contributed by atoms with Gasteiger partial charge in [-0.1, -0.05) is 103 Å². The van der Waals surface area contributed by atoms with Crippen molar-refractivity contribution in [3.8, 4) is 11.1 Å². The summed E-state index contributed by atoms with van der Waals surface area (Å²) in [6.45, 7) is 0. The molecule has 1 nitrogen and oxygen atoms in total. The Balaban J connectivity index is 1.49. The van der Waals surface area contributed by atoms with Crippen LogP contribution in [0.4, 0.5) is 0 Å². The highest BCUT2D eigenvalue weighted by atomic mass is 14.6. The van der Waals surface area contributed by atoms with E-state index in [0.717, 1.165) is 12.8 Å². The molecule has 1 heterocycles. The molecular weight excluding hydrogens is 434 g/mol. The lowest BCUT2D eigenvalue weighted by Gasteiger charge is -2.21. The molecule has 0 aliphatic heterocycles. The van der Waals surface area contributed by atoms with Crippen molar-refractivity contribution in [2.75, 3.05) is 0 Å². The number of hydrogen-bond donors (Lipinski definition) is 0. The first-order valence-corrected chi connectivity index (χ1v) is 12.6. The van der Waals surface area contributed by atoms with E-state index in [-0.39, 0.29) is 0 Å². The maximum atomic E-state index is 4.31. The molecule has 0 saturated carbocycles. The van der Waals surface area contributed by atoms with Gasteiger partial charge >= 0.3 is 0 Å². The van der Waals surface area contributed by atoms with Gasteiger partial charge in [0, 0.05) is 12.4 Å². The Morgan fingerprint density at radius 3 is 1.72 bits per heavy atom. The van der Waals surface area contributed by atoms with Crippen molar-refractivity contribution in [1.82, 2.24) is 4.98 Å². The van der Waals surface area contributed by atoms with Crippen molar-refractivity contribution < 1.29 is 0 Å². The SMILES string of the molecule is C1=C(c2cccnc2)CCC(c2c3ccccc3c(-c3ccc4ccccc4c3)c3ccccc23)=C1.